The summed E-state index contributed by atoms with van der Waals surface area (Å²) >= 11 is 5.57. The van der Waals surface area contributed by atoms with Gasteiger partial charge < -0.3 is 19.5 Å². The second-order valence-corrected chi connectivity index (χ2v) is 7.48. The van der Waals surface area contributed by atoms with Crippen LogP contribution in [0.15, 0.2) is 54.7 Å². The fourth-order valence-electron chi connectivity index (χ4n) is 4.06. The molecule has 1 saturated heterocycles. The Morgan fingerprint density at radius 1 is 1.11 bits per heavy atom. The fourth-order valence-corrected chi connectivity index (χ4v) is 4.30. The van der Waals surface area contributed by atoms with Gasteiger partial charge in [-0.15, -0.1) is 0 Å². The van der Waals surface area contributed by atoms with Crippen molar-refractivity contribution in [2.24, 2.45) is 0 Å². The van der Waals surface area contributed by atoms with Crippen molar-refractivity contribution in [3.05, 3.63) is 77.4 Å². The predicted molar refractivity (Wildman–Crippen MR) is 115 cm³/mol. The fraction of sp³-hybridized carbons (Fsp3) is 0.273. The molecule has 1 aliphatic heterocycles. The minimum absolute atomic E-state index is 0.0171. The number of hydrogen-bond acceptors (Lipinski definition) is 3. The van der Waals surface area contributed by atoms with Crippen LogP contribution in [0.2, 0.25) is 0 Å². The average molecular weight is 393 g/mol. The first-order chi connectivity index (χ1) is 13.5. The highest BCUT2D eigenvalue weighted by Crippen LogP contribution is 2.40. The summed E-state index contributed by atoms with van der Waals surface area (Å²) in [5.41, 5.74) is 5.75. The molecule has 3 aromatic rings. The van der Waals surface area contributed by atoms with E-state index in [1.54, 1.807) is 7.11 Å². The normalized spacial score (nSPS) is 19.0. The lowest BCUT2D eigenvalue weighted by Gasteiger charge is -2.24. The number of pyridine rings is 1. The van der Waals surface area contributed by atoms with E-state index >= 15 is 0 Å². The van der Waals surface area contributed by atoms with Gasteiger partial charge in [-0.25, -0.2) is 0 Å². The summed E-state index contributed by atoms with van der Waals surface area (Å²) in [5, 5.41) is 4.19. The first kappa shape index (κ1) is 18.5. The van der Waals surface area contributed by atoms with Crippen LogP contribution in [0.25, 0.3) is 5.69 Å². The van der Waals surface area contributed by atoms with Gasteiger partial charge >= 0.3 is 0 Å². The highest BCUT2D eigenvalue weighted by Gasteiger charge is 2.39. The molecule has 1 fully saturated rings. The number of likely N-dealkylation sites (N-methyl/N-ethyl adjacent to an activating group) is 1. The Labute approximate surface area is 171 Å². The molecular weight excluding hydrogens is 368 g/mol. The summed E-state index contributed by atoms with van der Waals surface area (Å²) in [7, 11) is 3.73. The van der Waals surface area contributed by atoms with Gasteiger partial charge in [0.05, 0.1) is 24.9 Å². The molecule has 2 aromatic heterocycles. The first-order valence-corrected chi connectivity index (χ1v) is 9.69. The van der Waals surface area contributed by atoms with Gasteiger partial charge in [0.2, 0.25) is 0 Å². The minimum atomic E-state index is 0.0171. The number of rotatable bonds is 4. The standard InChI is InChI=1S/C22H24N4OS/c1-14-13-18(15(2)26(14)16-8-10-17(27-4)11-9-16)21-20(24-22(28)25(21)3)19-7-5-6-12-23-19/h5-13,20-21H,1-4H3,(H,24,28)/t20-,21-/m0/s1. The van der Waals surface area contributed by atoms with Crippen LogP contribution < -0.4 is 10.1 Å². The van der Waals surface area contributed by atoms with Crippen molar-refractivity contribution >= 4 is 17.3 Å². The van der Waals surface area contributed by atoms with Crippen LogP contribution in [0, 0.1) is 13.8 Å². The van der Waals surface area contributed by atoms with Crippen LogP contribution >= 0.6 is 12.2 Å². The van der Waals surface area contributed by atoms with Gasteiger partial charge in [0.15, 0.2) is 5.11 Å². The molecule has 1 aromatic carbocycles. The summed E-state index contributed by atoms with van der Waals surface area (Å²) in [4.78, 5) is 6.71. The maximum absolute atomic E-state index is 5.57. The molecule has 144 valence electrons. The molecule has 1 aliphatic rings. The van der Waals surface area contributed by atoms with E-state index in [2.05, 4.69) is 57.9 Å². The summed E-state index contributed by atoms with van der Waals surface area (Å²) in [5.74, 6) is 0.853. The van der Waals surface area contributed by atoms with Crippen LogP contribution in [0.3, 0.4) is 0 Å². The maximum atomic E-state index is 5.57. The highest BCUT2D eigenvalue weighted by atomic mass is 32.1. The molecule has 0 aliphatic carbocycles. The zero-order valence-electron chi connectivity index (χ0n) is 16.5. The molecule has 2 atom stereocenters. The number of aryl methyl sites for hydroxylation is 1. The summed E-state index contributed by atoms with van der Waals surface area (Å²) in [6.07, 6.45) is 1.83. The van der Waals surface area contributed by atoms with Crippen molar-refractivity contribution in [2.75, 3.05) is 14.2 Å². The van der Waals surface area contributed by atoms with Crippen LogP contribution in [-0.4, -0.2) is 33.7 Å². The number of hydrogen-bond donors (Lipinski definition) is 1. The van der Waals surface area contributed by atoms with Gasteiger partial charge in [0.1, 0.15) is 5.75 Å². The Balaban J connectivity index is 1.78. The van der Waals surface area contributed by atoms with E-state index in [1.165, 1.54) is 17.0 Å². The van der Waals surface area contributed by atoms with Crippen molar-refractivity contribution in [3.63, 3.8) is 0 Å². The lowest BCUT2D eigenvalue weighted by atomic mass is 9.97. The van der Waals surface area contributed by atoms with Gasteiger partial charge in [-0.3, -0.25) is 4.98 Å². The third-order valence-electron chi connectivity index (χ3n) is 5.46. The van der Waals surface area contributed by atoms with E-state index in [1.807, 2.05) is 37.5 Å². The minimum Gasteiger partial charge on any atom is -0.497 e. The molecule has 0 radical (unpaired) electrons. The van der Waals surface area contributed by atoms with Gasteiger partial charge in [-0.1, -0.05) is 6.07 Å². The van der Waals surface area contributed by atoms with E-state index in [0.717, 1.165) is 22.2 Å². The number of thiocarbonyl (C=S) groups is 1. The van der Waals surface area contributed by atoms with E-state index in [0.29, 0.717) is 0 Å². The van der Waals surface area contributed by atoms with Crippen LogP contribution in [0.4, 0.5) is 0 Å². The second kappa shape index (κ2) is 7.28. The largest absolute Gasteiger partial charge is 0.497 e. The van der Waals surface area contributed by atoms with Crippen molar-refractivity contribution in [1.29, 1.82) is 0 Å². The highest BCUT2D eigenvalue weighted by molar-refractivity contribution is 7.80. The zero-order valence-corrected chi connectivity index (χ0v) is 17.3. The predicted octanol–water partition coefficient (Wildman–Crippen LogP) is 4.10. The molecule has 0 unspecified atom stereocenters. The number of methoxy groups -OCH3 is 1. The quantitative estimate of drug-likeness (QED) is 0.677. The SMILES string of the molecule is COc1ccc(-n2c(C)cc([C@H]3[C@H](c4ccccn4)NC(=S)N3C)c2C)cc1. The Morgan fingerprint density at radius 2 is 1.86 bits per heavy atom. The maximum Gasteiger partial charge on any atom is 0.169 e. The molecule has 5 nitrogen and oxygen atoms in total. The van der Waals surface area contributed by atoms with E-state index in [4.69, 9.17) is 17.0 Å². The summed E-state index contributed by atoms with van der Waals surface area (Å²) in [6.45, 7) is 4.30. The van der Waals surface area contributed by atoms with E-state index in [9.17, 15) is 0 Å². The second-order valence-electron chi connectivity index (χ2n) is 7.10. The number of benzene rings is 1. The molecule has 1 N–H and O–H groups in total. The summed E-state index contributed by atoms with van der Waals surface area (Å²) in [6, 6.07) is 16.5. The number of nitrogens with one attached hydrogen (secondary N) is 1. The molecular formula is C22H24N4OS. The van der Waals surface area contributed by atoms with Crippen molar-refractivity contribution < 1.29 is 4.74 Å². The van der Waals surface area contributed by atoms with Crippen LogP contribution in [-0.2, 0) is 0 Å². The van der Waals surface area contributed by atoms with E-state index < -0.39 is 0 Å². The van der Waals surface area contributed by atoms with Gasteiger partial charge in [-0.2, -0.15) is 0 Å². The summed E-state index contributed by atoms with van der Waals surface area (Å²) < 4.78 is 7.57. The van der Waals surface area contributed by atoms with Crippen molar-refractivity contribution in [1.82, 2.24) is 19.8 Å². The molecule has 0 amide bonds. The Kier molecular flexibility index (Phi) is 4.81. The lowest BCUT2D eigenvalue weighted by molar-refractivity contribution is 0.367. The molecule has 0 spiro atoms. The molecule has 0 bridgehead atoms. The lowest BCUT2D eigenvalue weighted by Crippen LogP contribution is -2.25. The molecule has 3 heterocycles. The third-order valence-corrected chi connectivity index (χ3v) is 5.86. The average Bonchev–Trinajstić information content (AvgIpc) is 3.17. The molecule has 28 heavy (non-hydrogen) atoms. The van der Waals surface area contributed by atoms with Gasteiger partial charge in [0, 0.05) is 30.3 Å². The van der Waals surface area contributed by atoms with Crippen molar-refractivity contribution in [3.8, 4) is 11.4 Å². The van der Waals surface area contributed by atoms with Crippen LogP contribution in [0.1, 0.15) is 34.7 Å². The van der Waals surface area contributed by atoms with Crippen LogP contribution in [0.5, 0.6) is 5.75 Å². The number of ether oxygens (including phenoxy) is 1. The molecule has 6 heteroatoms. The monoisotopic (exact) mass is 392 g/mol. The molecule has 4 rings (SSSR count). The van der Waals surface area contributed by atoms with Gasteiger partial charge in [-0.05, 0) is 74.1 Å². The Bertz CT molecular complexity index is 997. The zero-order chi connectivity index (χ0) is 19.8. The molecule has 0 saturated carbocycles. The topological polar surface area (TPSA) is 42.3 Å². The smallest absolute Gasteiger partial charge is 0.169 e. The first-order valence-electron chi connectivity index (χ1n) is 9.28. The van der Waals surface area contributed by atoms with E-state index in [-0.39, 0.29) is 12.1 Å². The Morgan fingerprint density at radius 3 is 2.50 bits per heavy atom. The van der Waals surface area contributed by atoms with Gasteiger partial charge in [0.25, 0.3) is 0 Å². The van der Waals surface area contributed by atoms with Crippen molar-refractivity contribution in [2.45, 2.75) is 25.9 Å². The Hall–Kier alpha value is -2.86. The third kappa shape index (κ3) is 3.03. The number of aromatic nitrogens is 2. The number of nitrogens with zero attached hydrogens (tertiary/aromatic N) is 3.